The molecule has 4 aliphatic carbocycles. The molecule has 0 amide bonds. The molecular weight excluding hydrogens is 240 g/mol. The van der Waals surface area contributed by atoms with E-state index in [2.05, 4.69) is 26.8 Å². The van der Waals surface area contributed by atoms with E-state index in [4.69, 9.17) is 0 Å². The van der Waals surface area contributed by atoms with Gasteiger partial charge in [-0.05, 0) is 79.4 Å². The molecule has 0 heterocycles. The van der Waals surface area contributed by atoms with Crippen molar-refractivity contribution in [3.05, 3.63) is 11.6 Å². The van der Waals surface area contributed by atoms with Crippen LogP contribution in [0.1, 0.15) is 85.0 Å². The van der Waals surface area contributed by atoms with Crippen LogP contribution in [0.25, 0.3) is 0 Å². The summed E-state index contributed by atoms with van der Waals surface area (Å²) in [6.45, 7) is 7.95. The first kappa shape index (κ1) is 13.4. The third-order valence-electron chi connectivity index (χ3n) is 8.64. The van der Waals surface area contributed by atoms with Crippen molar-refractivity contribution in [3.8, 4) is 0 Å². The molecule has 0 N–H and O–H groups in total. The first-order valence-corrected chi connectivity index (χ1v) is 9.19. The summed E-state index contributed by atoms with van der Waals surface area (Å²) in [6, 6.07) is 0. The molecule has 0 spiro atoms. The van der Waals surface area contributed by atoms with Crippen LogP contribution >= 0.6 is 0 Å². The Labute approximate surface area is 125 Å². The molecule has 4 rings (SSSR count). The normalized spacial score (nSPS) is 54.6. The summed E-state index contributed by atoms with van der Waals surface area (Å²) < 4.78 is 0. The van der Waals surface area contributed by atoms with Crippen molar-refractivity contribution in [3.63, 3.8) is 0 Å². The maximum absolute atomic E-state index is 2.70. The van der Waals surface area contributed by atoms with Crippen molar-refractivity contribution in [1.29, 1.82) is 0 Å². The van der Waals surface area contributed by atoms with Gasteiger partial charge in [0.2, 0.25) is 0 Å². The molecule has 0 aromatic carbocycles. The largest absolute Gasteiger partial charge is 0.0845 e. The van der Waals surface area contributed by atoms with E-state index in [0.29, 0.717) is 16.2 Å². The van der Waals surface area contributed by atoms with Gasteiger partial charge >= 0.3 is 0 Å². The number of allylic oxidation sites excluding steroid dienone is 2. The lowest BCUT2D eigenvalue weighted by Crippen LogP contribution is -2.55. The van der Waals surface area contributed by atoms with Crippen molar-refractivity contribution in [2.24, 2.45) is 28.1 Å². The van der Waals surface area contributed by atoms with E-state index in [1.54, 1.807) is 0 Å². The summed E-state index contributed by atoms with van der Waals surface area (Å²) in [5, 5.41) is 0. The average molecular weight is 272 g/mol. The van der Waals surface area contributed by atoms with Crippen LogP contribution in [0.3, 0.4) is 0 Å². The molecule has 0 radical (unpaired) electrons. The van der Waals surface area contributed by atoms with Crippen molar-refractivity contribution >= 4 is 0 Å². The monoisotopic (exact) mass is 272 g/mol. The molecule has 0 aromatic heterocycles. The van der Waals surface area contributed by atoms with E-state index in [9.17, 15) is 0 Å². The van der Waals surface area contributed by atoms with Gasteiger partial charge in [0, 0.05) is 0 Å². The Morgan fingerprint density at radius 2 is 1.75 bits per heavy atom. The van der Waals surface area contributed by atoms with Crippen LogP contribution < -0.4 is 0 Å². The van der Waals surface area contributed by atoms with E-state index in [1.165, 1.54) is 64.2 Å². The molecule has 0 nitrogen and oxygen atoms in total. The average Bonchev–Trinajstić information content (AvgIpc) is 2.81. The standard InChI is InChI=1S/C20H32/c1-18-11-6-8-16(18)17-10-9-15-7-4-5-12-19(15,2)20(17,3)14-13-18/h9,16-17H,4-8,10-14H2,1-3H3/t16-,17-,18-,19-,20+/m0/s1. The maximum Gasteiger partial charge on any atom is -0.00598 e. The van der Waals surface area contributed by atoms with Crippen LogP contribution in [0.15, 0.2) is 11.6 Å². The number of fused-ring (bicyclic) bond motifs is 5. The second kappa shape index (κ2) is 4.14. The zero-order valence-electron chi connectivity index (χ0n) is 13.8. The number of rotatable bonds is 0. The summed E-state index contributed by atoms with van der Waals surface area (Å²) in [7, 11) is 0. The molecule has 20 heavy (non-hydrogen) atoms. The molecule has 4 aliphatic rings. The molecular formula is C20H32. The van der Waals surface area contributed by atoms with Crippen LogP contribution in [0.5, 0.6) is 0 Å². The minimum Gasteiger partial charge on any atom is -0.0845 e. The van der Waals surface area contributed by atoms with Gasteiger partial charge in [0.15, 0.2) is 0 Å². The molecule has 112 valence electrons. The zero-order valence-corrected chi connectivity index (χ0v) is 13.8. The highest BCUT2D eigenvalue weighted by Crippen LogP contribution is 2.70. The third-order valence-corrected chi connectivity index (χ3v) is 8.64. The van der Waals surface area contributed by atoms with Gasteiger partial charge in [0.05, 0.1) is 0 Å². The Hall–Kier alpha value is -0.260. The van der Waals surface area contributed by atoms with E-state index >= 15 is 0 Å². The minimum atomic E-state index is 0.540. The van der Waals surface area contributed by atoms with Crippen molar-refractivity contribution in [1.82, 2.24) is 0 Å². The van der Waals surface area contributed by atoms with E-state index in [0.717, 1.165) is 11.8 Å². The summed E-state index contributed by atoms with van der Waals surface area (Å²) >= 11 is 0. The van der Waals surface area contributed by atoms with Crippen molar-refractivity contribution < 1.29 is 0 Å². The third kappa shape index (κ3) is 1.49. The van der Waals surface area contributed by atoms with Gasteiger partial charge in [-0.1, -0.05) is 45.3 Å². The van der Waals surface area contributed by atoms with Gasteiger partial charge in [0.25, 0.3) is 0 Å². The quantitative estimate of drug-likeness (QED) is 0.466. The Bertz CT molecular complexity index is 447. The SMILES string of the molecule is C[C@@]12CCC[C@H]1[C@@H]1CC=C3CCCC[C@]3(C)[C@]1(C)CC2. The van der Waals surface area contributed by atoms with Crippen LogP contribution in [0.2, 0.25) is 0 Å². The predicted molar refractivity (Wildman–Crippen MR) is 85.6 cm³/mol. The van der Waals surface area contributed by atoms with Gasteiger partial charge in [-0.3, -0.25) is 0 Å². The fourth-order valence-electron chi connectivity index (χ4n) is 7.02. The first-order valence-electron chi connectivity index (χ1n) is 9.19. The summed E-state index contributed by atoms with van der Waals surface area (Å²) in [6.07, 6.45) is 17.4. The number of hydrogen-bond acceptors (Lipinski definition) is 0. The van der Waals surface area contributed by atoms with Crippen LogP contribution in [-0.4, -0.2) is 0 Å². The Kier molecular flexibility index (Phi) is 2.78. The fraction of sp³-hybridized carbons (Fsp3) is 0.900. The topological polar surface area (TPSA) is 0 Å². The zero-order chi connectivity index (χ0) is 14.0. The maximum atomic E-state index is 2.70. The number of hydrogen-bond donors (Lipinski definition) is 0. The highest BCUT2D eigenvalue weighted by Gasteiger charge is 2.61. The van der Waals surface area contributed by atoms with Crippen LogP contribution in [0.4, 0.5) is 0 Å². The Morgan fingerprint density at radius 3 is 2.60 bits per heavy atom. The Balaban J connectivity index is 1.77. The Morgan fingerprint density at radius 1 is 0.900 bits per heavy atom. The first-order chi connectivity index (χ1) is 9.50. The van der Waals surface area contributed by atoms with Gasteiger partial charge < -0.3 is 0 Å². The summed E-state index contributed by atoms with van der Waals surface area (Å²) in [5.74, 6) is 2.01. The summed E-state index contributed by atoms with van der Waals surface area (Å²) in [4.78, 5) is 0. The van der Waals surface area contributed by atoms with Crippen LogP contribution in [-0.2, 0) is 0 Å². The second-order valence-electron chi connectivity index (χ2n) is 9.18. The molecule has 0 aliphatic heterocycles. The van der Waals surface area contributed by atoms with Crippen LogP contribution in [0, 0.1) is 28.1 Å². The molecule has 3 saturated carbocycles. The van der Waals surface area contributed by atoms with Crippen molar-refractivity contribution in [2.75, 3.05) is 0 Å². The summed E-state index contributed by atoms with van der Waals surface area (Å²) in [5.41, 5.74) is 3.69. The fourth-order valence-corrected chi connectivity index (χ4v) is 7.02. The molecule has 0 unspecified atom stereocenters. The highest BCUT2D eigenvalue weighted by molar-refractivity contribution is 5.27. The molecule has 5 atom stereocenters. The van der Waals surface area contributed by atoms with Gasteiger partial charge in [0.1, 0.15) is 0 Å². The van der Waals surface area contributed by atoms with Gasteiger partial charge in [-0.25, -0.2) is 0 Å². The minimum absolute atomic E-state index is 0.540. The van der Waals surface area contributed by atoms with E-state index < -0.39 is 0 Å². The molecule has 0 heteroatoms. The highest BCUT2D eigenvalue weighted by atomic mass is 14.7. The molecule has 0 aromatic rings. The lowest BCUT2D eigenvalue weighted by atomic mass is 9.41. The molecule has 0 bridgehead atoms. The lowest BCUT2D eigenvalue weighted by Gasteiger charge is -2.63. The van der Waals surface area contributed by atoms with Crippen molar-refractivity contribution in [2.45, 2.75) is 85.0 Å². The molecule has 3 fully saturated rings. The predicted octanol–water partition coefficient (Wildman–Crippen LogP) is 6.12. The van der Waals surface area contributed by atoms with Gasteiger partial charge in [-0.15, -0.1) is 0 Å². The second-order valence-corrected chi connectivity index (χ2v) is 9.18. The molecule has 0 saturated heterocycles. The smallest absolute Gasteiger partial charge is 0.00598 e. The van der Waals surface area contributed by atoms with Gasteiger partial charge in [-0.2, -0.15) is 0 Å². The van der Waals surface area contributed by atoms with E-state index in [1.807, 2.05) is 5.57 Å². The van der Waals surface area contributed by atoms with E-state index in [-0.39, 0.29) is 0 Å². The lowest BCUT2D eigenvalue weighted by molar-refractivity contribution is -0.0981.